The van der Waals surface area contributed by atoms with Gasteiger partial charge >= 0.3 is 0 Å². The van der Waals surface area contributed by atoms with Gasteiger partial charge in [-0.3, -0.25) is 4.79 Å². The lowest BCUT2D eigenvalue weighted by Crippen LogP contribution is -2.42. The molecule has 21 heavy (non-hydrogen) atoms. The topological polar surface area (TPSA) is 66.6 Å². The number of aromatic nitrogens is 1. The van der Waals surface area contributed by atoms with Crippen LogP contribution in [0.2, 0.25) is 0 Å². The number of carbonyl (C=O) groups is 1. The number of aliphatic hydroxyl groups is 1. The van der Waals surface area contributed by atoms with Crippen LogP contribution in [0.5, 0.6) is 0 Å². The summed E-state index contributed by atoms with van der Waals surface area (Å²) in [6.45, 7) is 6.19. The summed E-state index contributed by atoms with van der Waals surface area (Å²) in [6, 6.07) is 1.84. The SMILES string of the molecule is CCN(CC(C)(C)O)C(=O)Cc1csc(-c2ccoc2)n1. The minimum absolute atomic E-state index is 0.0244. The molecule has 2 heterocycles. The molecule has 2 aromatic rings. The van der Waals surface area contributed by atoms with Gasteiger partial charge in [0.2, 0.25) is 5.91 Å². The van der Waals surface area contributed by atoms with Crippen LogP contribution < -0.4 is 0 Å². The number of furan rings is 1. The van der Waals surface area contributed by atoms with E-state index in [-0.39, 0.29) is 12.3 Å². The van der Waals surface area contributed by atoms with E-state index in [9.17, 15) is 9.90 Å². The number of likely N-dealkylation sites (N-methyl/N-ethyl adjacent to an activating group) is 1. The molecule has 0 saturated carbocycles. The quantitative estimate of drug-likeness (QED) is 0.890. The van der Waals surface area contributed by atoms with Gasteiger partial charge in [0, 0.05) is 24.0 Å². The molecule has 0 aliphatic carbocycles. The van der Waals surface area contributed by atoms with Gasteiger partial charge in [-0.25, -0.2) is 4.98 Å². The Labute approximate surface area is 128 Å². The molecular weight excluding hydrogens is 288 g/mol. The van der Waals surface area contributed by atoms with E-state index in [4.69, 9.17) is 4.42 Å². The van der Waals surface area contributed by atoms with Gasteiger partial charge < -0.3 is 14.4 Å². The summed E-state index contributed by atoms with van der Waals surface area (Å²) in [7, 11) is 0. The number of rotatable bonds is 6. The molecule has 0 spiro atoms. The zero-order valence-electron chi connectivity index (χ0n) is 12.5. The van der Waals surface area contributed by atoms with E-state index in [1.165, 1.54) is 11.3 Å². The average Bonchev–Trinajstić information content (AvgIpc) is 3.04. The van der Waals surface area contributed by atoms with Crippen LogP contribution in [0.25, 0.3) is 10.6 Å². The maximum Gasteiger partial charge on any atom is 0.228 e. The highest BCUT2D eigenvalue weighted by atomic mass is 32.1. The molecule has 2 aromatic heterocycles. The Morgan fingerprint density at radius 1 is 1.52 bits per heavy atom. The van der Waals surface area contributed by atoms with Crippen molar-refractivity contribution >= 4 is 17.2 Å². The van der Waals surface area contributed by atoms with Crippen molar-refractivity contribution < 1.29 is 14.3 Å². The smallest absolute Gasteiger partial charge is 0.228 e. The van der Waals surface area contributed by atoms with Gasteiger partial charge in [-0.2, -0.15) is 0 Å². The van der Waals surface area contributed by atoms with Crippen molar-refractivity contribution in [3.05, 3.63) is 29.7 Å². The second-order valence-corrected chi connectivity index (χ2v) is 6.41. The van der Waals surface area contributed by atoms with E-state index in [0.717, 1.165) is 16.3 Å². The van der Waals surface area contributed by atoms with Gasteiger partial charge in [-0.1, -0.05) is 0 Å². The number of hydrogen-bond acceptors (Lipinski definition) is 5. The zero-order chi connectivity index (χ0) is 15.5. The summed E-state index contributed by atoms with van der Waals surface area (Å²) in [6.07, 6.45) is 3.49. The Morgan fingerprint density at radius 2 is 2.29 bits per heavy atom. The van der Waals surface area contributed by atoms with Crippen molar-refractivity contribution in [2.45, 2.75) is 32.8 Å². The van der Waals surface area contributed by atoms with Crippen LogP contribution in [0.1, 0.15) is 26.5 Å². The first-order chi connectivity index (χ1) is 9.89. The van der Waals surface area contributed by atoms with Crippen molar-refractivity contribution in [2.75, 3.05) is 13.1 Å². The monoisotopic (exact) mass is 308 g/mol. The summed E-state index contributed by atoms with van der Waals surface area (Å²) in [5.41, 5.74) is 0.772. The summed E-state index contributed by atoms with van der Waals surface area (Å²) in [5, 5.41) is 12.6. The summed E-state index contributed by atoms with van der Waals surface area (Å²) >= 11 is 1.49. The number of amides is 1. The predicted octanol–water partition coefficient (Wildman–Crippen LogP) is 2.57. The molecule has 0 aliphatic heterocycles. The lowest BCUT2D eigenvalue weighted by atomic mass is 10.1. The summed E-state index contributed by atoms with van der Waals surface area (Å²) in [4.78, 5) is 18.4. The third-order valence-electron chi connectivity index (χ3n) is 2.96. The highest BCUT2D eigenvalue weighted by Crippen LogP contribution is 2.24. The second kappa shape index (κ2) is 6.41. The molecule has 0 atom stereocenters. The molecule has 1 N–H and O–H groups in total. The third-order valence-corrected chi connectivity index (χ3v) is 3.90. The molecule has 0 radical (unpaired) electrons. The summed E-state index contributed by atoms with van der Waals surface area (Å²) in [5.74, 6) is -0.0244. The van der Waals surface area contributed by atoms with Crippen molar-refractivity contribution in [3.63, 3.8) is 0 Å². The van der Waals surface area contributed by atoms with E-state index < -0.39 is 5.60 Å². The van der Waals surface area contributed by atoms with Crippen molar-refractivity contribution in [1.82, 2.24) is 9.88 Å². The third kappa shape index (κ3) is 4.41. The Bertz CT molecular complexity index is 584. The highest BCUT2D eigenvalue weighted by Gasteiger charge is 2.22. The van der Waals surface area contributed by atoms with E-state index >= 15 is 0 Å². The molecule has 5 nitrogen and oxygen atoms in total. The molecule has 0 unspecified atom stereocenters. The molecule has 6 heteroatoms. The number of thiazole rings is 1. The lowest BCUT2D eigenvalue weighted by Gasteiger charge is -2.28. The van der Waals surface area contributed by atoms with Crippen LogP contribution in [0.4, 0.5) is 0 Å². The Morgan fingerprint density at radius 3 is 2.86 bits per heavy atom. The average molecular weight is 308 g/mol. The van der Waals surface area contributed by atoms with E-state index in [1.54, 1.807) is 31.3 Å². The van der Waals surface area contributed by atoms with Crippen LogP contribution in [0.15, 0.2) is 28.4 Å². The standard InChI is InChI=1S/C15H20N2O3S/c1-4-17(10-15(2,3)19)13(18)7-12-9-21-14(16-12)11-5-6-20-8-11/h5-6,8-9,19H,4,7,10H2,1-3H3. The summed E-state index contributed by atoms with van der Waals surface area (Å²) < 4.78 is 5.03. The van der Waals surface area contributed by atoms with Crippen LogP contribution in [0, 0.1) is 0 Å². The van der Waals surface area contributed by atoms with Gasteiger partial charge in [0.15, 0.2) is 0 Å². The minimum Gasteiger partial charge on any atom is -0.472 e. The normalized spacial score (nSPS) is 11.6. The second-order valence-electron chi connectivity index (χ2n) is 5.55. The maximum atomic E-state index is 12.3. The Hall–Kier alpha value is -1.66. The molecule has 0 fully saturated rings. The fourth-order valence-corrected chi connectivity index (χ4v) is 2.82. The zero-order valence-corrected chi connectivity index (χ0v) is 13.3. The minimum atomic E-state index is -0.893. The van der Waals surface area contributed by atoms with Gasteiger partial charge in [0.25, 0.3) is 0 Å². The molecule has 1 amide bonds. The van der Waals surface area contributed by atoms with Crippen molar-refractivity contribution in [1.29, 1.82) is 0 Å². The van der Waals surface area contributed by atoms with Crippen LogP contribution in [-0.4, -0.2) is 39.6 Å². The van der Waals surface area contributed by atoms with Crippen molar-refractivity contribution in [3.8, 4) is 10.6 Å². The largest absolute Gasteiger partial charge is 0.472 e. The predicted molar refractivity (Wildman–Crippen MR) is 82.1 cm³/mol. The van der Waals surface area contributed by atoms with Crippen LogP contribution >= 0.6 is 11.3 Å². The highest BCUT2D eigenvalue weighted by molar-refractivity contribution is 7.13. The van der Waals surface area contributed by atoms with E-state index in [0.29, 0.717) is 13.1 Å². The van der Waals surface area contributed by atoms with Gasteiger partial charge in [-0.15, -0.1) is 11.3 Å². The van der Waals surface area contributed by atoms with Crippen molar-refractivity contribution in [2.24, 2.45) is 0 Å². The molecular formula is C15H20N2O3S. The molecule has 0 saturated heterocycles. The maximum absolute atomic E-state index is 12.3. The number of carbonyl (C=O) groups excluding carboxylic acids is 1. The molecule has 0 aromatic carbocycles. The number of nitrogens with zero attached hydrogens (tertiary/aromatic N) is 2. The Balaban J connectivity index is 2.02. The first-order valence-electron chi connectivity index (χ1n) is 6.86. The van der Waals surface area contributed by atoms with Crippen LogP contribution in [-0.2, 0) is 11.2 Å². The fourth-order valence-electron chi connectivity index (χ4n) is 2.02. The lowest BCUT2D eigenvalue weighted by molar-refractivity contribution is -0.133. The van der Waals surface area contributed by atoms with Gasteiger partial charge in [0.05, 0.1) is 24.0 Å². The van der Waals surface area contributed by atoms with Gasteiger partial charge in [-0.05, 0) is 26.8 Å². The first kappa shape index (κ1) is 15.7. The first-order valence-corrected chi connectivity index (χ1v) is 7.74. The van der Waals surface area contributed by atoms with Gasteiger partial charge in [0.1, 0.15) is 11.3 Å². The van der Waals surface area contributed by atoms with Crippen LogP contribution in [0.3, 0.4) is 0 Å². The molecule has 0 aliphatic rings. The number of hydrogen-bond donors (Lipinski definition) is 1. The van der Waals surface area contributed by atoms with E-state index in [1.807, 2.05) is 18.4 Å². The molecule has 2 rings (SSSR count). The molecule has 0 bridgehead atoms. The fraction of sp³-hybridized carbons (Fsp3) is 0.467. The van der Waals surface area contributed by atoms with E-state index in [2.05, 4.69) is 4.98 Å². The Kier molecular flexibility index (Phi) is 4.80. The molecule has 114 valence electrons.